The van der Waals surface area contributed by atoms with Crippen molar-refractivity contribution in [2.24, 2.45) is 11.8 Å². The zero-order valence-corrected chi connectivity index (χ0v) is 8.96. The molecule has 2 fully saturated rings. The van der Waals surface area contributed by atoms with Crippen LogP contribution in [0, 0.1) is 23.2 Å². The van der Waals surface area contributed by atoms with Gasteiger partial charge in [0, 0.05) is 11.8 Å². The second-order valence-corrected chi connectivity index (χ2v) is 4.74. The van der Waals surface area contributed by atoms with Gasteiger partial charge < -0.3 is 4.90 Å². The van der Waals surface area contributed by atoms with Crippen molar-refractivity contribution in [2.45, 2.75) is 31.6 Å². The predicted molar refractivity (Wildman–Crippen MR) is 52.6 cm³/mol. The molecule has 1 amide bonds. The quantitative estimate of drug-likeness (QED) is 0.686. The lowest BCUT2D eigenvalue weighted by atomic mass is 9.81. The monoisotopic (exact) mass is 228 g/mol. The van der Waals surface area contributed by atoms with Gasteiger partial charge in [-0.3, -0.25) is 4.79 Å². The first-order valence-corrected chi connectivity index (χ1v) is 5.58. The third-order valence-corrected chi connectivity index (χ3v) is 3.36. The number of hydrogen-bond donors (Lipinski definition) is 0. The summed E-state index contributed by atoms with van der Waals surface area (Å²) < 4.78 is 25.2. The molecule has 0 aromatic rings. The number of nitriles is 1. The van der Waals surface area contributed by atoms with Gasteiger partial charge in [0.05, 0.1) is 19.2 Å². The van der Waals surface area contributed by atoms with Gasteiger partial charge in [-0.2, -0.15) is 5.26 Å². The molecular formula is C11H14F2N2O. The maximum atomic E-state index is 12.6. The molecule has 88 valence electrons. The first kappa shape index (κ1) is 11.3. The summed E-state index contributed by atoms with van der Waals surface area (Å²) in [4.78, 5) is 13.0. The first-order valence-electron chi connectivity index (χ1n) is 5.58. The molecule has 0 spiro atoms. The van der Waals surface area contributed by atoms with E-state index in [1.807, 2.05) is 0 Å². The minimum atomic E-state index is -2.70. The summed E-state index contributed by atoms with van der Waals surface area (Å²) in [5.74, 6) is -3.18. The van der Waals surface area contributed by atoms with Gasteiger partial charge in [-0.15, -0.1) is 0 Å². The van der Waals surface area contributed by atoms with Gasteiger partial charge in [0.15, 0.2) is 0 Å². The number of carbonyl (C=O) groups is 1. The SMILES string of the molecule is N#CC1CCCC(C(=O)N2CC(F)(F)C2)C1. The van der Waals surface area contributed by atoms with Crippen LogP contribution in [-0.2, 0) is 4.79 Å². The van der Waals surface area contributed by atoms with E-state index in [1.165, 1.54) is 4.90 Å². The van der Waals surface area contributed by atoms with Crippen LogP contribution in [0.3, 0.4) is 0 Å². The van der Waals surface area contributed by atoms with Gasteiger partial charge in [0.25, 0.3) is 5.92 Å². The molecule has 2 unspecified atom stereocenters. The van der Waals surface area contributed by atoms with E-state index >= 15 is 0 Å². The Kier molecular flexibility index (Phi) is 2.83. The highest BCUT2D eigenvalue weighted by Gasteiger charge is 2.47. The molecule has 3 nitrogen and oxygen atoms in total. The van der Waals surface area contributed by atoms with Crippen molar-refractivity contribution in [1.82, 2.24) is 4.90 Å². The van der Waals surface area contributed by atoms with Crippen molar-refractivity contribution in [3.63, 3.8) is 0 Å². The van der Waals surface area contributed by atoms with Crippen LogP contribution in [0.2, 0.25) is 0 Å². The summed E-state index contributed by atoms with van der Waals surface area (Å²) in [5, 5.41) is 8.79. The summed E-state index contributed by atoms with van der Waals surface area (Å²) in [7, 11) is 0. The Labute approximate surface area is 93.0 Å². The second kappa shape index (κ2) is 4.00. The smallest absolute Gasteiger partial charge is 0.282 e. The number of hydrogen-bond acceptors (Lipinski definition) is 2. The minimum Gasteiger partial charge on any atom is -0.330 e. The van der Waals surface area contributed by atoms with E-state index in [2.05, 4.69) is 6.07 Å². The summed E-state index contributed by atoms with van der Waals surface area (Å²) in [6.45, 7) is -0.890. The van der Waals surface area contributed by atoms with Crippen LogP contribution in [0.25, 0.3) is 0 Å². The van der Waals surface area contributed by atoms with Crippen LogP contribution in [0.15, 0.2) is 0 Å². The molecule has 0 radical (unpaired) electrons. The van der Waals surface area contributed by atoms with Crippen LogP contribution in [0.5, 0.6) is 0 Å². The number of likely N-dealkylation sites (tertiary alicyclic amines) is 1. The molecule has 0 aromatic carbocycles. The Balaban J connectivity index is 1.89. The van der Waals surface area contributed by atoms with E-state index in [9.17, 15) is 13.6 Å². The summed E-state index contributed by atoms with van der Waals surface area (Å²) in [6.07, 6.45) is 2.95. The Morgan fingerprint density at radius 1 is 1.38 bits per heavy atom. The minimum absolute atomic E-state index is 0.0792. The highest BCUT2D eigenvalue weighted by molar-refractivity contribution is 5.80. The largest absolute Gasteiger partial charge is 0.330 e. The Hall–Kier alpha value is -1.18. The van der Waals surface area contributed by atoms with Crippen molar-refractivity contribution in [3.05, 3.63) is 0 Å². The average molecular weight is 228 g/mol. The summed E-state index contributed by atoms with van der Waals surface area (Å²) in [6, 6.07) is 2.16. The van der Waals surface area contributed by atoms with E-state index in [1.54, 1.807) is 0 Å². The van der Waals surface area contributed by atoms with Gasteiger partial charge in [0.1, 0.15) is 0 Å². The number of nitrogens with zero attached hydrogens (tertiary/aromatic N) is 2. The molecule has 0 aromatic heterocycles. The molecule has 1 heterocycles. The number of carbonyl (C=O) groups excluding carboxylic acids is 1. The third-order valence-electron chi connectivity index (χ3n) is 3.36. The number of rotatable bonds is 1. The highest BCUT2D eigenvalue weighted by atomic mass is 19.3. The van der Waals surface area contributed by atoms with E-state index in [0.717, 1.165) is 19.3 Å². The molecule has 5 heteroatoms. The van der Waals surface area contributed by atoms with Gasteiger partial charge in [-0.1, -0.05) is 6.42 Å². The van der Waals surface area contributed by atoms with Gasteiger partial charge in [-0.05, 0) is 19.3 Å². The van der Waals surface area contributed by atoms with E-state index < -0.39 is 19.0 Å². The topological polar surface area (TPSA) is 44.1 Å². The molecule has 0 N–H and O–H groups in total. The Morgan fingerprint density at radius 2 is 2.06 bits per heavy atom. The van der Waals surface area contributed by atoms with Crippen LogP contribution in [0.1, 0.15) is 25.7 Å². The molecule has 16 heavy (non-hydrogen) atoms. The summed E-state index contributed by atoms with van der Waals surface area (Å²) >= 11 is 0. The fraction of sp³-hybridized carbons (Fsp3) is 0.818. The zero-order chi connectivity index (χ0) is 11.8. The lowest BCUT2D eigenvalue weighted by Crippen LogP contribution is -2.60. The highest BCUT2D eigenvalue weighted by Crippen LogP contribution is 2.34. The fourth-order valence-corrected chi connectivity index (χ4v) is 2.46. The molecule has 2 atom stereocenters. The number of halogens is 2. The maximum Gasteiger partial charge on any atom is 0.282 e. The first-order chi connectivity index (χ1) is 7.52. The van der Waals surface area contributed by atoms with E-state index in [4.69, 9.17) is 5.26 Å². The molecule has 1 saturated carbocycles. The molecular weight excluding hydrogens is 214 g/mol. The summed E-state index contributed by atoms with van der Waals surface area (Å²) in [5.41, 5.74) is 0. The second-order valence-electron chi connectivity index (χ2n) is 4.74. The van der Waals surface area contributed by atoms with Crippen LogP contribution < -0.4 is 0 Å². The van der Waals surface area contributed by atoms with E-state index in [-0.39, 0.29) is 17.7 Å². The lowest BCUT2D eigenvalue weighted by molar-refractivity contribution is -0.170. The van der Waals surface area contributed by atoms with Crippen molar-refractivity contribution in [3.8, 4) is 6.07 Å². The third kappa shape index (κ3) is 2.16. The van der Waals surface area contributed by atoms with Gasteiger partial charge in [0.2, 0.25) is 5.91 Å². The Morgan fingerprint density at radius 3 is 2.62 bits per heavy atom. The lowest BCUT2D eigenvalue weighted by Gasteiger charge is -2.41. The van der Waals surface area contributed by atoms with Gasteiger partial charge in [-0.25, -0.2) is 8.78 Å². The molecule has 1 aliphatic heterocycles. The van der Waals surface area contributed by atoms with Crippen LogP contribution in [-0.4, -0.2) is 29.8 Å². The normalized spacial score (nSPS) is 32.7. The number of amides is 1. The number of alkyl halides is 2. The molecule has 1 aliphatic carbocycles. The van der Waals surface area contributed by atoms with Crippen molar-refractivity contribution in [2.75, 3.05) is 13.1 Å². The Bertz CT molecular complexity index is 329. The average Bonchev–Trinajstić information content (AvgIpc) is 2.25. The van der Waals surface area contributed by atoms with Crippen molar-refractivity contribution in [1.29, 1.82) is 5.26 Å². The molecule has 2 rings (SSSR count). The van der Waals surface area contributed by atoms with Gasteiger partial charge >= 0.3 is 0 Å². The van der Waals surface area contributed by atoms with Crippen molar-refractivity contribution < 1.29 is 13.6 Å². The van der Waals surface area contributed by atoms with Crippen molar-refractivity contribution >= 4 is 5.91 Å². The zero-order valence-electron chi connectivity index (χ0n) is 8.96. The van der Waals surface area contributed by atoms with Crippen LogP contribution in [0.4, 0.5) is 8.78 Å². The molecule has 0 bridgehead atoms. The van der Waals surface area contributed by atoms with E-state index in [0.29, 0.717) is 6.42 Å². The maximum absolute atomic E-state index is 12.6. The van der Waals surface area contributed by atoms with Crippen LogP contribution >= 0.6 is 0 Å². The molecule has 2 aliphatic rings. The predicted octanol–water partition coefficient (Wildman–Crippen LogP) is 1.79. The fourth-order valence-electron chi connectivity index (χ4n) is 2.46. The standard InChI is InChI=1S/C11H14F2N2O/c12-11(13)6-15(7-11)10(16)9-3-1-2-8(4-9)5-14/h8-9H,1-4,6-7H2. The molecule has 1 saturated heterocycles.